The number of aryl methyl sites for hydroxylation is 1. The van der Waals surface area contributed by atoms with Crippen LogP contribution in [-0.4, -0.2) is 16.7 Å². The SMILES string of the molecule is Cc1noc(NCC2CC3CCC2C3)n1. The minimum Gasteiger partial charge on any atom is -0.337 e. The van der Waals surface area contributed by atoms with E-state index in [1.54, 1.807) is 0 Å². The van der Waals surface area contributed by atoms with Crippen LogP contribution in [0, 0.1) is 24.7 Å². The number of hydrogen-bond donors (Lipinski definition) is 1. The second kappa shape index (κ2) is 3.51. The lowest BCUT2D eigenvalue weighted by Crippen LogP contribution is -2.20. The molecule has 2 bridgehead atoms. The number of nitrogens with zero attached hydrogens (tertiary/aromatic N) is 2. The number of aromatic nitrogens is 2. The molecule has 0 saturated heterocycles. The molecule has 82 valence electrons. The molecule has 1 aromatic heterocycles. The van der Waals surface area contributed by atoms with E-state index >= 15 is 0 Å². The smallest absolute Gasteiger partial charge is 0.321 e. The first-order valence-corrected chi connectivity index (χ1v) is 5.85. The molecular formula is C11H17N3O. The van der Waals surface area contributed by atoms with Crippen molar-refractivity contribution in [3.63, 3.8) is 0 Å². The predicted octanol–water partition coefficient (Wildman–Crippen LogP) is 2.23. The third kappa shape index (κ3) is 1.73. The van der Waals surface area contributed by atoms with Gasteiger partial charge in [0.1, 0.15) is 0 Å². The van der Waals surface area contributed by atoms with Crippen molar-refractivity contribution >= 4 is 6.01 Å². The summed E-state index contributed by atoms with van der Waals surface area (Å²) in [5.74, 6) is 3.49. The molecule has 0 radical (unpaired) electrons. The Balaban J connectivity index is 1.54. The average molecular weight is 207 g/mol. The van der Waals surface area contributed by atoms with Crippen LogP contribution >= 0.6 is 0 Å². The molecule has 4 heteroatoms. The van der Waals surface area contributed by atoms with Crippen molar-refractivity contribution in [3.8, 4) is 0 Å². The highest BCUT2D eigenvalue weighted by Gasteiger charge is 2.39. The second-order valence-corrected chi connectivity index (χ2v) is 4.96. The summed E-state index contributed by atoms with van der Waals surface area (Å²) < 4.78 is 5.03. The molecule has 0 spiro atoms. The Labute approximate surface area is 89.4 Å². The quantitative estimate of drug-likeness (QED) is 0.825. The summed E-state index contributed by atoms with van der Waals surface area (Å²) in [5, 5.41) is 7.01. The first-order valence-electron chi connectivity index (χ1n) is 5.85. The number of nitrogens with one attached hydrogen (secondary N) is 1. The van der Waals surface area contributed by atoms with Crippen LogP contribution in [0.2, 0.25) is 0 Å². The molecular weight excluding hydrogens is 190 g/mol. The largest absolute Gasteiger partial charge is 0.337 e. The van der Waals surface area contributed by atoms with E-state index in [2.05, 4.69) is 15.5 Å². The number of anilines is 1. The van der Waals surface area contributed by atoms with Crippen LogP contribution in [0.3, 0.4) is 0 Å². The van der Waals surface area contributed by atoms with Gasteiger partial charge in [0.25, 0.3) is 0 Å². The highest BCUT2D eigenvalue weighted by molar-refractivity contribution is 5.18. The fourth-order valence-corrected chi connectivity index (χ4v) is 3.21. The molecule has 1 heterocycles. The van der Waals surface area contributed by atoms with Crippen LogP contribution in [0.25, 0.3) is 0 Å². The van der Waals surface area contributed by atoms with Gasteiger partial charge < -0.3 is 9.84 Å². The Hall–Kier alpha value is -1.06. The average Bonchev–Trinajstić information content (AvgIpc) is 2.90. The van der Waals surface area contributed by atoms with Gasteiger partial charge in [-0.05, 0) is 43.9 Å². The summed E-state index contributed by atoms with van der Waals surface area (Å²) in [6.07, 6.45) is 5.74. The minimum atomic E-state index is 0.579. The summed E-state index contributed by atoms with van der Waals surface area (Å²) in [6, 6.07) is 0.579. The normalized spacial score (nSPS) is 33.5. The first kappa shape index (κ1) is 9.19. The van der Waals surface area contributed by atoms with Gasteiger partial charge in [0.15, 0.2) is 5.82 Å². The zero-order valence-corrected chi connectivity index (χ0v) is 9.07. The lowest BCUT2D eigenvalue weighted by Gasteiger charge is -2.20. The maximum atomic E-state index is 5.03. The van der Waals surface area contributed by atoms with Gasteiger partial charge in [0, 0.05) is 6.54 Å². The highest BCUT2D eigenvalue weighted by Crippen LogP contribution is 2.48. The van der Waals surface area contributed by atoms with Gasteiger partial charge in [-0.1, -0.05) is 11.6 Å². The Morgan fingerprint density at radius 3 is 2.93 bits per heavy atom. The molecule has 2 aliphatic carbocycles. The van der Waals surface area contributed by atoms with E-state index in [9.17, 15) is 0 Å². The Bertz CT molecular complexity index is 349. The molecule has 15 heavy (non-hydrogen) atoms. The van der Waals surface area contributed by atoms with E-state index in [1.807, 2.05) is 6.92 Å². The summed E-state index contributed by atoms with van der Waals surface area (Å²) in [5.41, 5.74) is 0. The second-order valence-electron chi connectivity index (χ2n) is 4.96. The van der Waals surface area contributed by atoms with Crippen molar-refractivity contribution in [1.29, 1.82) is 0 Å². The van der Waals surface area contributed by atoms with Crippen molar-refractivity contribution in [2.75, 3.05) is 11.9 Å². The Kier molecular flexibility index (Phi) is 2.15. The highest BCUT2D eigenvalue weighted by atomic mass is 16.5. The molecule has 2 fully saturated rings. The molecule has 4 nitrogen and oxygen atoms in total. The standard InChI is InChI=1S/C11H17N3O/c1-7-13-11(15-14-7)12-6-10-5-8-2-3-9(10)4-8/h8-10H,2-6H2,1H3,(H,12,13,14). The third-order valence-corrected chi connectivity index (χ3v) is 3.93. The fourth-order valence-electron chi connectivity index (χ4n) is 3.21. The molecule has 3 atom stereocenters. The summed E-state index contributed by atoms with van der Waals surface area (Å²) in [7, 11) is 0. The van der Waals surface area contributed by atoms with Crippen LogP contribution in [-0.2, 0) is 0 Å². The summed E-state index contributed by atoms with van der Waals surface area (Å²) in [6.45, 7) is 2.84. The zero-order valence-electron chi connectivity index (χ0n) is 9.07. The number of fused-ring (bicyclic) bond motifs is 2. The number of rotatable bonds is 3. The van der Waals surface area contributed by atoms with Crippen molar-refractivity contribution in [2.24, 2.45) is 17.8 Å². The van der Waals surface area contributed by atoms with Gasteiger partial charge in [-0.25, -0.2) is 0 Å². The predicted molar refractivity (Wildman–Crippen MR) is 56.5 cm³/mol. The molecule has 2 aliphatic rings. The Morgan fingerprint density at radius 1 is 1.40 bits per heavy atom. The maximum Gasteiger partial charge on any atom is 0.321 e. The van der Waals surface area contributed by atoms with Crippen molar-refractivity contribution < 1.29 is 4.52 Å². The van der Waals surface area contributed by atoms with Gasteiger partial charge >= 0.3 is 6.01 Å². The maximum absolute atomic E-state index is 5.03. The van der Waals surface area contributed by atoms with Crippen LogP contribution in [0.4, 0.5) is 6.01 Å². The summed E-state index contributed by atoms with van der Waals surface area (Å²) >= 11 is 0. The molecule has 0 aliphatic heterocycles. The van der Waals surface area contributed by atoms with Crippen molar-refractivity contribution in [1.82, 2.24) is 10.1 Å². The van der Waals surface area contributed by atoms with E-state index in [4.69, 9.17) is 4.52 Å². The monoisotopic (exact) mass is 207 g/mol. The van der Waals surface area contributed by atoms with Crippen LogP contribution in [0.1, 0.15) is 31.5 Å². The van der Waals surface area contributed by atoms with Crippen molar-refractivity contribution in [3.05, 3.63) is 5.82 Å². The zero-order chi connectivity index (χ0) is 10.3. The van der Waals surface area contributed by atoms with E-state index in [0.29, 0.717) is 11.8 Å². The topological polar surface area (TPSA) is 51.0 Å². The van der Waals surface area contributed by atoms with Gasteiger partial charge in [-0.2, -0.15) is 4.98 Å². The third-order valence-electron chi connectivity index (χ3n) is 3.93. The fraction of sp³-hybridized carbons (Fsp3) is 0.818. The molecule has 3 unspecified atom stereocenters. The van der Waals surface area contributed by atoms with Crippen LogP contribution in [0.15, 0.2) is 4.52 Å². The van der Waals surface area contributed by atoms with E-state index in [-0.39, 0.29) is 0 Å². The van der Waals surface area contributed by atoms with Gasteiger partial charge in [-0.3, -0.25) is 0 Å². The lowest BCUT2D eigenvalue weighted by atomic mass is 9.89. The molecule has 0 aromatic carbocycles. The molecule has 1 aromatic rings. The van der Waals surface area contributed by atoms with Crippen LogP contribution < -0.4 is 5.32 Å². The lowest BCUT2D eigenvalue weighted by molar-refractivity contribution is 0.343. The van der Waals surface area contributed by atoms with E-state index in [1.165, 1.54) is 25.7 Å². The minimum absolute atomic E-state index is 0.579. The summed E-state index contributed by atoms with van der Waals surface area (Å²) in [4.78, 5) is 4.14. The molecule has 3 rings (SSSR count). The van der Waals surface area contributed by atoms with Crippen LogP contribution in [0.5, 0.6) is 0 Å². The first-order chi connectivity index (χ1) is 7.31. The molecule has 2 saturated carbocycles. The number of hydrogen-bond acceptors (Lipinski definition) is 4. The van der Waals surface area contributed by atoms with Crippen molar-refractivity contribution in [2.45, 2.75) is 32.6 Å². The Morgan fingerprint density at radius 2 is 2.33 bits per heavy atom. The molecule has 1 N–H and O–H groups in total. The van der Waals surface area contributed by atoms with E-state index in [0.717, 1.165) is 24.3 Å². The van der Waals surface area contributed by atoms with Gasteiger partial charge in [-0.15, -0.1) is 0 Å². The molecule has 0 amide bonds. The van der Waals surface area contributed by atoms with Gasteiger partial charge in [0.2, 0.25) is 0 Å². The van der Waals surface area contributed by atoms with Gasteiger partial charge in [0.05, 0.1) is 0 Å². The van der Waals surface area contributed by atoms with E-state index < -0.39 is 0 Å².